The Morgan fingerprint density at radius 2 is 2.00 bits per heavy atom. The Balaban J connectivity index is 1.57. The molecule has 6 heteroatoms. The quantitative estimate of drug-likeness (QED) is 0.932. The van der Waals surface area contributed by atoms with Gasteiger partial charge in [0.15, 0.2) is 0 Å². The van der Waals surface area contributed by atoms with E-state index in [1.165, 1.54) is 0 Å². The smallest absolute Gasteiger partial charge is 0.317 e. The number of ether oxygens (including phenoxy) is 1. The van der Waals surface area contributed by atoms with E-state index in [2.05, 4.69) is 10.2 Å². The second-order valence-corrected chi connectivity index (χ2v) is 5.92. The van der Waals surface area contributed by atoms with E-state index in [0.29, 0.717) is 16.8 Å². The molecule has 2 amide bonds. The average Bonchev–Trinajstić information content (AvgIpc) is 3.31. The number of anilines is 1. The van der Waals surface area contributed by atoms with Gasteiger partial charge in [-0.1, -0.05) is 11.6 Å². The van der Waals surface area contributed by atoms with Gasteiger partial charge in [0.2, 0.25) is 0 Å². The van der Waals surface area contributed by atoms with Gasteiger partial charge >= 0.3 is 6.03 Å². The fourth-order valence-corrected chi connectivity index (χ4v) is 2.77. The number of hydrogen-bond donors (Lipinski definition) is 1. The van der Waals surface area contributed by atoms with Crippen molar-refractivity contribution >= 4 is 23.3 Å². The van der Waals surface area contributed by atoms with Crippen LogP contribution in [0.15, 0.2) is 18.2 Å². The molecule has 3 rings (SSSR count). The molecule has 2 fully saturated rings. The van der Waals surface area contributed by atoms with Gasteiger partial charge in [-0.3, -0.25) is 0 Å². The van der Waals surface area contributed by atoms with E-state index in [4.69, 9.17) is 16.3 Å². The summed E-state index contributed by atoms with van der Waals surface area (Å²) in [7, 11) is 1.61. The molecule has 1 aromatic carbocycles. The van der Waals surface area contributed by atoms with E-state index in [-0.39, 0.29) is 6.03 Å². The number of methoxy groups -OCH3 is 1. The molecule has 0 spiro atoms. The van der Waals surface area contributed by atoms with Gasteiger partial charge in [0, 0.05) is 37.9 Å². The lowest BCUT2D eigenvalue weighted by Crippen LogP contribution is -2.52. The van der Waals surface area contributed by atoms with Gasteiger partial charge in [0.25, 0.3) is 0 Å². The number of halogens is 1. The lowest BCUT2D eigenvalue weighted by molar-refractivity contribution is 0.194. The highest BCUT2D eigenvalue weighted by molar-refractivity contribution is 6.32. The molecular weight excluding hydrogens is 290 g/mol. The zero-order valence-corrected chi connectivity index (χ0v) is 12.9. The molecule has 2 aliphatic rings. The van der Waals surface area contributed by atoms with Crippen LogP contribution in [-0.2, 0) is 0 Å². The van der Waals surface area contributed by atoms with Crippen LogP contribution in [-0.4, -0.2) is 50.3 Å². The molecule has 1 saturated carbocycles. The number of benzene rings is 1. The van der Waals surface area contributed by atoms with Crippen LogP contribution in [0.5, 0.6) is 5.75 Å². The predicted molar refractivity (Wildman–Crippen MR) is 83.3 cm³/mol. The van der Waals surface area contributed by atoms with Crippen molar-refractivity contribution in [3.05, 3.63) is 23.2 Å². The number of rotatable bonds is 3. The fraction of sp³-hybridized carbons (Fsp3) is 0.533. The summed E-state index contributed by atoms with van der Waals surface area (Å²) in [6, 6.07) is 6.29. The Labute approximate surface area is 129 Å². The van der Waals surface area contributed by atoms with E-state index in [1.807, 2.05) is 23.1 Å². The molecule has 1 N–H and O–H groups in total. The van der Waals surface area contributed by atoms with E-state index >= 15 is 0 Å². The SMILES string of the molecule is COc1ccc(N2CCN(C(=O)NC3CC3)CC2)cc1Cl. The number of nitrogens with zero attached hydrogens (tertiary/aromatic N) is 2. The number of carbonyl (C=O) groups is 1. The molecule has 0 bridgehead atoms. The maximum absolute atomic E-state index is 12.0. The summed E-state index contributed by atoms with van der Waals surface area (Å²) in [4.78, 5) is 16.1. The third-order valence-corrected chi connectivity index (χ3v) is 4.27. The molecule has 0 aromatic heterocycles. The van der Waals surface area contributed by atoms with Crippen molar-refractivity contribution in [2.75, 3.05) is 38.2 Å². The van der Waals surface area contributed by atoms with Crippen LogP contribution in [0.3, 0.4) is 0 Å². The van der Waals surface area contributed by atoms with Crippen molar-refractivity contribution in [2.24, 2.45) is 0 Å². The molecule has 1 aliphatic heterocycles. The van der Waals surface area contributed by atoms with Crippen LogP contribution in [0.25, 0.3) is 0 Å². The summed E-state index contributed by atoms with van der Waals surface area (Å²) < 4.78 is 5.17. The summed E-state index contributed by atoms with van der Waals surface area (Å²) in [6.07, 6.45) is 2.24. The minimum atomic E-state index is 0.0740. The zero-order chi connectivity index (χ0) is 14.8. The molecule has 1 aromatic rings. The first kappa shape index (κ1) is 14.3. The van der Waals surface area contributed by atoms with Crippen molar-refractivity contribution in [2.45, 2.75) is 18.9 Å². The number of carbonyl (C=O) groups excluding carboxylic acids is 1. The highest BCUT2D eigenvalue weighted by Crippen LogP contribution is 2.29. The number of piperazine rings is 1. The molecule has 1 heterocycles. The monoisotopic (exact) mass is 309 g/mol. The van der Waals surface area contributed by atoms with Crippen molar-refractivity contribution in [3.63, 3.8) is 0 Å². The highest BCUT2D eigenvalue weighted by atomic mass is 35.5. The van der Waals surface area contributed by atoms with Crippen molar-refractivity contribution < 1.29 is 9.53 Å². The van der Waals surface area contributed by atoms with Crippen LogP contribution < -0.4 is 15.0 Å². The number of hydrogen-bond acceptors (Lipinski definition) is 3. The van der Waals surface area contributed by atoms with Gasteiger partial charge in [-0.05, 0) is 31.0 Å². The average molecular weight is 310 g/mol. The second-order valence-electron chi connectivity index (χ2n) is 5.52. The first-order valence-corrected chi connectivity index (χ1v) is 7.69. The second kappa shape index (κ2) is 6.02. The van der Waals surface area contributed by atoms with Crippen molar-refractivity contribution in [1.82, 2.24) is 10.2 Å². The molecule has 0 radical (unpaired) electrons. The van der Waals surface area contributed by atoms with E-state index in [0.717, 1.165) is 44.7 Å². The van der Waals surface area contributed by atoms with Gasteiger partial charge in [-0.2, -0.15) is 0 Å². The molecular formula is C15H20ClN3O2. The maximum atomic E-state index is 12.0. The minimum absolute atomic E-state index is 0.0740. The lowest BCUT2D eigenvalue weighted by Gasteiger charge is -2.36. The highest BCUT2D eigenvalue weighted by Gasteiger charge is 2.27. The van der Waals surface area contributed by atoms with E-state index < -0.39 is 0 Å². The molecule has 0 atom stereocenters. The van der Waals surface area contributed by atoms with Gasteiger partial charge < -0.3 is 19.9 Å². The lowest BCUT2D eigenvalue weighted by atomic mass is 10.2. The van der Waals surface area contributed by atoms with Gasteiger partial charge in [-0.15, -0.1) is 0 Å². The Kier molecular flexibility index (Phi) is 4.10. The largest absolute Gasteiger partial charge is 0.495 e. The first-order chi connectivity index (χ1) is 10.2. The van der Waals surface area contributed by atoms with Crippen molar-refractivity contribution in [1.29, 1.82) is 0 Å². The predicted octanol–water partition coefficient (Wildman–Crippen LogP) is 2.34. The third-order valence-electron chi connectivity index (χ3n) is 3.97. The summed E-state index contributed by atoms with van der Waals surface area (Å²) in [5.41, 5.74) is 1.07. The van der Waals surface area contributed by atoms with Crippen molar-refractivity contribution in [3.8, 4) is 5.75 Å². The van der Waals surface area contributed by atoms with E-state index in [1.54, 1.807) is 7.11 Å². The van der Waals surface area contributed by atoms with Crippen LogP contribution in [0.4, 0.5) is 10.5 Å². The minimum Gasteiger partial charge on any atom is -0.495 e. The molecule has 0 unspecified atom stereocenters. The molecule has 21 heavy (non-hydrogen) atoms. The maximum Gasteiger partial charge on any atom is 0.317 e. The van der Waals surface area contributed by atoms with Gasteiger partial charge in [0.05, 0.1) is 12.1 Å². The summed E-state index contributed by atoms with van der Waals surface area (Å²) in [5.74, 6) is 0.683. The van der Waals surface area contributed by atoms with Crippen LogP contribution in [0.2, 0.25) is 5.02 Å². The van der Waals surface area contributed by atoms with E-state index in [9.17, 15) is 4.79 Å². The fourth-order valence-electron chi connectivity index (χ4n) is 2.51. The van der Waals surface area contributed by atoms with Gasteiger partial charge in [0.1, 0.15) is 5.75 Å². The topological polar surface area (TPSA) is 44.8 Å². The van der Waals surface area contributed by atoms with Crippen LogP contribution in [0.1, 0.15) is 12.8 Å². The van der Waals surface area contributed by atoms with Crippen LogP contribution >= 0.6 is 11.6 Å². The Bertz CT molecular complexity index is 526. The molecule has 1 saturated heterocycles. The normalized spacial score (nSPS) is 18.6. The third kappa shape index (κ3) is 3.35. The van der Waals surface area contributed by atoms with Gasteiger partial charge in [-0.25, -0.2) is 4.79 Å². The summed E-state index contributed by atoms with van der Waals surface area (Å²) >= 11 is 6.17. The molecule has 114 valence electrons. The molecule has 5 nitrogen and oxygen atoms in total. The number of nitrogens with one attached hydrogen (secondary N) is 1. The van der Waals surface area contributed by atoms with Crippen LogP contribution in [0, 0.1) is 0 Å². The summed E-state index contributed by atoms with van der Waals surface area (Å²) in [6.45, 7) is 3.12. The summed E-state index contributed by atoms with van der Waals surface area (Å²) in [5, 5.41) is 3.65. The number of amides is 2. The number of urea groups is 1. The Morgan fingerprint density at radius 3 is 2.57 bits per heavy atom. The zero-order valence-electron chi connectivity index (χ0n) is 12.1. The Morgan fingerprint density at radius 1 is 1.29 bits per heavy atom. The molecule has 1 aliphatic carbocycles. The first-order valence-electron chi connectivity index (χ1n) is 7.31. The standard InChI is InChI=1S/C15H20ClN3O2/c1-21-14-5-4-12(10-13(14)16)18-6-8-19(9-7-18)15(20)17-11-2-3-11/h4-5,10-11H,2-3,6-9H2,1H3,(H,17,20). The Hall–Kier alpha value is -1.62.